The number of benzene rings is 1. The summed E-state index contributed by atoms with van der Waals surface area (Å²) in [4.78, 5) is 16.0. The SMILES string of the molecule is CCN1CCN(C(=O)OCc2cccc(Cl)c2Cl)CC1. The minimum Gasteiger partial charge on any atom is -0.444 e. The fourth-order valence-corrected chi connectivity index (χ4v) is 2.51. The number of halogens is 2. The molecule has 0 aliphatic carbocycles. The lowest BCUT2D eigenvalue weighted by atomic mass is 10.2. The molecule has 0 unspecified atom stereocenters. The van der Waals surface area contributed by atoms with Crippen molar-refractivity contribution in [2.45, 2.75) is 13.5 Å². The van der Waals surface area contributed by atoms with Gasteiger partial charge < -0.3 is 14.5 Å². The summed E-state index contributed by atoms with van der Waals surface area (Å²) < 4.78 is 5.30. The lowest BCUT2D eigenvalue weighted by Crippen LogP contribution is -2.48. The Morgan fingerprint density at radius 1 is 1.25 bits per heavy atom. The third kappa shape index (κ3) is 3.78. The molecule has 1 saturated heterocycles. The van der Waals surface area contributed by atoms with Crippen LogP contribution in [0.5, 0.6) is 0 Å². The maximum atomic E-state index is 12.0. The highest BCUT2D eigenvalue weighted by atomic mass is 35.5. The molecule has 1 aromatic rings. The Bertz CT molecular complexity index is 474. The van der Waals surface area contributed by atoms with E-state index in [-0.39, 0.29) is 12.7 Å². The van der Waals surface area contributed by atoms with E-state index in [4.69, 9.17) is 27.9 Å². The van der Waals surface area contributed by atoms with Gasteiger partial charge in [-0.2, -0.15) is 0 Å². The van der Waals surface area contributed by atoms with E-state index >= 15 is 0 Å². The largest absolute Gasteiger partial charge is 0.444 e. The molecular weight excluding hydrogens is 299 g/mol. The van der Waals surface area contributed by atoms with Gasteiger partial charge in [-0.1, -0.05) is 42.3 Å². The molecule has 20 heavy (non-hydrogen) atoms. The highest BCUT2D eigenvalue weighted by Crippen LogP contribution is 2.26. The van der Waals surface area contributed by atoms with E-state index in [0.717, 1.165) is 25.2 Å². The molecule has 6 heteroatoms. The molecule has 1 aliphatic rings. The predicted molar refractivity (Wildman–Crippen MR) is 80.3 cm³/mol. The molecule has 0 atom stereocenters. The predicted octanol–water partition coefficient (Wildman–Crippen LogP) is 3.27. The summed E-state index contributed by atoms with van der Waals surface area (Å²) in [6.45, 7) is 6.47. The van der Waals surface area contributed by atoms with Crippen LogP contribution in [0.25, 0.3) is 0 Å². The number of piperazine rings is 1. The second-order valence-electron chi connectivity index (χ2n) is 4.69. The number of carbonyl (C=O) groups is 1. The van der Waals surface area contributed by atoms with Crippen LogP contribution >= 0.6 is 23.2 Å². The summed E-state index contributed by atoms with van der Waals surface area (Å²) in [5, 5.41) is 0.912. The molecule has 1 fully saturated rings. The van der Waals surface area contributed by atoms with Gasteiger partial charge in [-0.25, -0.2) is 4.79 Å². The minimum atomic E-state index is -0.295. The van der Waals surface area contributed by atoms with Crippen molar-refractivity contribution in [3.8, 4) is 0 Å². The number of hydrogen-bond donors (Lipinski definition) is 0. The molecule has 110 valence electrons. The first kappa shape index (κ1) is 15.4. The van der Waals surface area contributed by atoms with Gasteiger partial charge in [0.15, 0.2) is 0 Å². The summed E-state index contributed by atoms with van der Waals surface area (Å²) in [5.74, 6) is 0. The van der Waals surface area contributed by atoms with E-state index < -0.39 is 0 Å². The number of ether oxygens (including phenoxy) is 1. The molecule has 0 saturated carbocycles. The fourth-order valence-electron chi connectivity index (χ4n) is 2.14. The second kappa shape index (κ2) is 7.16. The van der Waals surface area contributed by atoms with Crippen LogP contribution in [0.3, 0.4) is 0 Å². The Labute approximate surface area is 129 Å². The van der Waals surface area contributed by atoms with E-state index in [1.807, 2.05) is 0 Å². The normalized spacial score (nSPS) is 16.2. The van der Waals surface area contributed by atoms with Crippen molar-refractivity contribution >= 4 is 29.3 Å². The smallest absolute Gasteiger partial charge is 0.410 e. The summed E-state index contributed by atoms with van der Waals surface area (Å²) in [7, 11) is 0. The number of rotatable bonds is 3. The average molecular weight is 317 g/mol. The lowest BCUT2D eigenvalue weighted by molar-refractivity contribution is 0.0729. The Kier molecular flexibility index (Phi) is 5.52. The van der Waals surface area contributed by atoms with E-state index in [2.05, 4.69) is 11.8 Å². The van der Waals surface area contributed by atoms with E-state index in [0.29, 0.717) is 23.1 Å². The van der Waals surface area contributed by atoms with Gasteiger partial charge in [0.1, 0.15) is 6.61 Å². The van der Waals surface area contributed by atoms with E-state index in [1.54, 1.807) is 23.1 Å². The molecule has 4 nitrogen and oxygen atoms in total. The van der Waals surface area contributed by atoms with Crippen molar-refractivity contribution < 1.29 is 9.53 Å². The lowest BCUT2D eigenvalue weighted by Gasteiger charge is -2.33. The van der Waals surface area contributed by atoms with E-state index in [1.165, 1.54) is 0 Å². The van der Waals surface area contributed by atoms with Crippen LogP contribution in [0.2, 0.25) is 10.0 Å². The zero-order valence-corrected chi connectivity index (χ0v) is 13.0. The van der Waals surface area contributed by atoms with Crippen molar-refractivity contribution in [3.05, 3.63) is 33.8 Å². The van der Waals surface area contributed by atoms with Crippen molar-refractivity contribution in [2.24, 2.45) is 0 Å². The minimum absolute atomic E-state index is 0.145. The first-order valence-electron chi connectivity index (χ1n) is 6.68. The van der Waals surface area contributed by atoms with Gasteiger partial charge in [0.05, 0.1) is 10.0 Å². The first-order chi connectivity index (χ1) is 9.61. The summed E-state index contributed by atoms with van der Waals surface area (Å²) in [5.41, 5.74) is 0.722. The monoisotopic (exact) mass is 316 g/mol. The number of amides is 1. The molecule has 1 aromatic carbocycles. The van der Waals surface area contributed by atoms with Gasteiger partial charge in [0.25, 0.3) is 0 Å². The van der Waals surface area contributed by atoms with Crippen molar-refractivity contribution in [1.29, 1.82) is 0 Å². The van der Waals surface area contributed by atoms with Crippen LogP contribution in [-0.2, 0) is 11.3 Å². The maximum Gasteiger partial charge on any atom is 0.410 e. The average Bonchev–Trinajstić information content (AvgIpc) is 2.48. The third-order valence-corrected chi connectivity index (χ3v) is 4.32. The van der Waals surface area contributed by atoms with Gasteiger partial charge in [0, 0.05) is 31.7 Å². The van der Waals surface area contributed by atoms with Crippen LogP contribution in [0.1, 0.15) is 12.5 Å². The first-order valence-corrected chi connectivity index (χ1v) is 7.44. The van der Waals surface area contributed by atoms with Crippen LogP contribution in [0.4, 0.5) is 4.79 Å². The summed E-state index contributed by atoms with van der Waals surface area (Å²) in [6.07, 6.45) is -0.295. The van der Waals surface area contributed by atoms with Crippen LogP contribution in [0, 0.1) is 0 Å². The van der Waals surface area contributed by atoms with Crippen molar-refractivity contribution in [2.75, 3.05) is 32.7 Å². The number of carbonyl (C=O) groups excluding carboxylic acids is 1. The molecule has 1 aliphatic heterocycles. The molecule has 0 N–H and O–H groups in total. The van der Waals surface area contributed by atoms with Gasteiger partial charge in [0.2, 0.25) is 0 Å². The Morgan fingerprint density at radius 2 is 1.95 bits per heavy atom. The Balaban J connectivity index is 1.85. The molecule has 0 bridgehead atoms. The van der Waals surface area contributed by atoms with Gasteiger partial charge >= 0.3 is 6.09 Å². The van der Waals surface area contributed by atoms with E-state index in [9.17, 15) is 4.79 Å². The maximum absolute atomic E-state index is 12.0. The van der Waals surface area contributed by atoms with Crippen LogP contribution < -0.4 is 0 Å². The molecular formula is C14H18Cl2N2O2. The quantitative estimate of drug-likeness (QED) is 0.858. The number of nitrogens with zero attached hydrogens (tertiary/aromatic N) is 2. The number of hydrogen-bond acceptors (Lipinski definition) is 3. The molecule has 0 radical (unpaired) electrons. The Morgan fingerprint density at radius 3 is 2.60 bits per heavy atom. The molecule has 0 aromatic heterocycles. The Hall–Kier alpha value is -0.970. The second-order valence-corrected chi connectivity index (χ2v) is 5.47. The van der Waals surface area contributed by atoms with Gasteiger partial charge in [-0.3, -0.25) is 0 Å². The summed E-state index contributed by atoms with van der Waals surface area (Å²) in [6, 6.07) is 5.30. The van der Waals surface area contributed by atoms with Gasteiger partial charge in [-0.05, 0) is 12.6 Å². The highest BCUT2D eigenvalue weighted by Gasteiger charge is 2.21. The summed E-state index contributed by atoms with van der Waals surface area (Å²) >= 11 is 12.0. The standard InChI is InChI=1S/C14H18Cl2N2O2/c1-2-17-6-8-18(9-7-17)14(19)20-10-11-4-3-5-12(15)13(11)16/h3-5H,2,6-10H2,1H3. The van der Waals surface area contributed by atoms with Crippen LogP contribution in [-0.4, -0.2) is 48.6 Å². The highest BCUT2D eigenvalue weighted by molar-refractivity contribution is 6.42. The number of likely N-dealkylation sites (N-methyl/N-ethyl adjacent to an activating group) is 1. The van der Waals surface area contributed by atoms with Crippen molar-refractivity contribution in [1.82, 2.24) is 9.80 Å². The zero-order valence-electron chi connectivity index (χ0n) is 11.4. The fraction of sp³-hybridized carbons (Fsp3) is 0.500. The molecule has 2 rings (SSSR count). The molecule has 0 spiro atoms. The van der Waals surface area contributed by atoms with Gasteiger partial charge in [-0.15, -0.1) is 0 Å². The van der Waals surface area contributed by atoms with Crippen molar-refractivity contribution in [3.63, 3.8) is 0 Å². The topological polar surface area (TPSA) is 32.8 Å². The third-order valence-electron chi connectivity index (χ3n) is 3.46. The van der Waals surface area contributed by atoms with Crippen LogP contribution in [0.15, 0.2) is 18.2 Å². The zero-order chi connectivity index (χ0) is 14.5. The molecule has 1 heterocycles. The molecule has 1 amide bonds.